The minimum atomic E-state index is -0.238. The zero-order valence-electron chi connectivity index (χ0n) is 14.0. The van der Waals surface area contributed by atoms with Gasteiger partial charge < -0.3 is 4.90 Å². The lowest BCUT2D eigenvalue weighted by molar-refractivity contribution is 0.0640. The summed E-state index contributed by atoms with van der Waals surface area (Å²) in [6.45, 7) is 2.66. The molecule has 24 heavy (non-hydrogen) atoms. The summed E-state index contributed by atoms with van der Waals surface area (Å²) in [4.78, 5) is 26.9. The van der Waals surface area contributed by atoms with Crippen LogP contribution in [0.15, 0.2) is 47.3 Å². The molecule has 2 aromatic rings. The summed E-state index contributed by atoms with van der Waals surface area (Å²) in [6, 6.07) is 12.4. The molecule has 1 aromatic carbocycles. The molecular weight excluding hydrogens is 302 g/mol. The molecular formula is C19H23N3O2. The molecule has 126 valence electrons. The van der Waals surface area contributed by atoms with Crippen LogP contribution in [0.25, 0.3) is 5.69 Å². The molecule has 3 rings (SSSR count). The Kier molecular flexibility index (Phi) is 5.08. The van der Waals surface area contributed by atoms with Gasteiger partial charge in [0.15, 0.2) is 0 Å². The summed E-state index contributed by atoms with van der Waals surface area (Å²) in [6.07, 6.45) is 5.70. The van der Waals surface area contributed by atoms with Crippen molar-refractivity contribution in [2.75, 3.05) is 6.54 Å². The van der Waals surface area contributed by atoms with Gasteiger partial charge >= 0.3 is 0 Å². The van der Waals surface area contributed by atoms with E-state index in [4.69, 9.17) is 0 Å². The number of amides is 1. The molecule has 5 heteroatoms. The van der Waals surface area contributed by atoms with Crippen molar-refractivity contribution in [1.29, 1.82) is 0 Å². The van der Waals surface area contributed by atoms with Crippen molar-refractivity contribution >= 4 is 5.91 Å². The second-order valence-corrected chi connectivity index (χ2v) is 6.19. The molecule has 1 saturated carbocycles. The number of carbonyl (C=O) groups excluding carboxylic acids is 1. The van der Waals surface area contributed by atoms with Crippen molar-refractivity contribution in [2.45, 2.75) is 45.1 Å². The van der Waals surface area contributed by atoms with E-state index < -0.39 is 0 Å². The number of rotatable bonds is 4. The van der Waals surface area contributed by atoms with E-state index in [1.807, 2.05) is 30.0 Å². The molecule has 0 unspecified atom stereocenters. The van der Waals surface area contributed by atoms with Gasteiger partial charge in [-0.1, -0.05) is 37.5 Å². The van der Waals surface area contributed by atoms with E-state index in [1.54, 1.807) is 12.1 Å². The van der Waals surface area contributed by atoms with Crippen molar-refractivity contribution in [1.82, 2.24) is 14.7 Å². The SMILES string of the molecule is CCN(C(=O)c1ccc(=O)n(-c2ccccc2)n1)C1CCCCC1. The van der Waals surface area contributed by atoms with Crippen LogP contribution >= 0.6 is 0 Å². The predicted molar refractivity (Wildman–Crippen MR) is 93.4 cm³/mol. The number of hydrogen-bond donors (Lipinski definition) is 0. The molecule has 1 heterocycles. The van der Waals surface area contributed by atoms with Crippen molar-refractivity contribution in [2.24, 2.45) is 0 Å². The summed E-state index contributed by atoms with van der Waals surface area (Å²) in [5.41, 5.74) is 0.752. The third-order valence-corrected chi connectivity index (χ3v) is 4.64. The number of para-hydroxylation sites is 1. The summed E-state index contributed by atoms with van der Waals surface area (Å²) < 4.78 is 1.29. The molecule has 0 atom stereocenters. The van der Waals surface area contributed by atoms with Gasteiger partial charge in [-0.15, -0.1) is 0 Å². The smallest absolute Gasteiger partial charge is 0.274 e. The lowest BCUT2D eigenvalue weighted by Gasteiger charge is -2.33. The number of aromatic nitrogens is 2. The summed E-state index contributed by atoms with van der Waals surface area (Å²) in [7, 11) is 0. The Bertz CT molecular complexity index is 749. The van der Waals surface area contributed by atoms with Gasteiger partial charge in [0.25, 0.3) is 11.5 Å². The molecule has 0 aliphatic heterocycles. The van der Waals surface area contributed by atoms with Gasteiger partial charge in [0, 0.05) is 18.7 Å². The molecule has 0 spiro atoms. The van der Waals surface area contributed by atoms with E-state index in [9.17, 15) is 9.59 Å². The zero-order chi connectivity index (χ0) is 16.9. The molecule has 1 aliphatic rings. The van der Waals surface area contributed by atoms with Crippen LogP contribution in [0.4, 0.5) is 0 Å². The zero-order valence-corrected chi connectivity index (χ0v) is 14.0. The Hall–Kier alpha value is -2.43. The van der Waals surface area contributed by atoms with Crippen molar-refractivity contribution in [3.8, 4) is 5.69 Å². The fourth-order valence-corrected chi connectivity index (χ4v) is 3.39. The van der Waals surface area contributed by atoms with E-state index >= 15 is 0 Å². The maximum Gasteiger partial charge on any atom is 0.274 e. The second kappa shape index (κ2) is 7.43. The maximum atomic E-state index is 12.9. The fraction of sp³-hybridized carbons (Fsp3) is 0.421. The Morgan fingerprint density at radius 2 is 1.83 bits per heavy atom. The Morgan fingerprint density at radius 3 is 2.50 bits per heavy atom. The molecule has 5 nitrogen and oxygen atoms in total. The monoisotopic (exact) mass is 325 g/mol. The van der Waals surface area contributed by atoms with Crippen LogP contribution < -0.4 is 5.56 Å². The van der Waals surface area contributed by atoms with Gasteiger partial charge in [-0.3, -0.25) is 9.59 Å². The minimum absolute atomic E-state index is 0.0888. The highest BCUT2D eigenvalue weighted by Crippen LogP contribution is 2.23. The molecule has 1 aliphatic carbocycles. The standard InChI is InChI=1S/C19H23N3O2/c1-2-21(15-9-5-3-6-10-15)19(24)17-13-14-18(23)22(20-17)16-11-7-4-8-12-16/h4,7-8,11-15H,2-3,5-6,9-10H2,1H3. The fourth-order valence-electron chi connectivity index (χ4n) is 3.39. The van der Waals surface area contributed by atoms with Crippen molar-refractivity contribution in [3.63, 3.8) is 0 Å². The van der Waals surface area contributed by atoms with Gasteiger partial charge in [0.05, 0.1) is 5.69 Å². The van der Waals surface area contributed by atoms with Crippen LogP contribution in [-0.2, 0) is 0 Å². The van der Waals surface area contributed by atoms with E-state index in [0.717, 1.165) is 12.8 Å². The highest BCUT2D eigenvalue weighted by molar-refractivity contribution is 5.92. The van der Waals surface area contributed by atoms with Crippen molar-refractivity contribution in [3.05, 3.63) is 58.5 Å². The molecule has 0 N–H and O–H groups in total. The third-order valence-electron chi connectivity index (χ3n) is 4.64. The van der Waals surface area contributed by atoms with E-state index in [-0.39, 0.29) is 17.5 Å². The lowest BCUT2D eigenvalue weighted by atomic mass is 9.94. The second-order valence-electron chi connectivity index (χ2n) is 6.19. The first kappa shape index (κ1) is 16.4. The van der Waals surface area contributed by atoms with Crippen LogP contribution in [0.3, 0.4) is 0 Å². The third kappa shape index (κ3) is 3.40. The Labute approximate surface area is 141 Å². The first-order valence-corrected chi connectivity index (χ1v) is 8.67. The van der Waals surface area contributed by atoms with Gasteiger partial charge in [-0.05, 0) is 38.0 Å². The van der Waals surface area contributed by atoms with Crippen LogP contribution in [0.1, 0.15) is 49.5 Å². The van der Waals surface area contributed by atoms with Gasteiger partial charge in [0.2, 0.25) is 0 Å². The molecule has 1 amide bonds. The molecule has 1 aromatic heterocycles. The van der Waals surface area contributed by atoms with Crippen molar-refractivity contribution < 1.29 is 4.79 Å². The number of hydrogen-bond acceptors (Lipinski definition) is 3. The average Bonchev–Trinajstić information content (AvgIpc) is 2.64. The number of nitrogens with zero attached hydrogens (tertiary/aromatic N) is 3. The molecule has 0 radical (unpaired) electrons. The van der Waals surface area contributed by atoms with Gasteiger partial charge in [-0.25, -0.2) is 0 Å². The summed E-state index contributed by atoms with van der Waals surface area (Å²) >= 11 is 0. The maximum absolute atomic E-state index is 12.9. The summed E-state index contributed by atoms with van der Waals surface area (Å²) in [5.74, 6) is -0.0888. The largest absolute Gasteiger partial charge is 0.335 e. The van der Waals surface area contributed by atoms with Crippen LogP contribution in [0, 0.1) is 0 Å². The van der Waals surface area contributed by atoms with Gasteiger partial charge in [-0.2, -0.15) is 9.78 Å². The quantitative estimate of drug-likeness (QED) is 0.868. The van der Waals surface area contributed by atoms with E-state index in [1.165, 1.54) is 36.1 Å². The minimum Gasteiger partial charge on any atom is -0.335 e. The Balaban J connectivity index is 1.91. The molecule has 0 saturated heterocycles. The highest BCUT2D eigenvalue weighted by atomic mass is 16.2. The van der Waals surface area contributed by atoms with Crippen LogP contribution in [0.2, 0.25) is 0 Å². The highest BCUT2D eigenvalue weighted by Gasteiger charge is 2.26. The molecule has 1 fully saturated rings. The van der Waals surface area contributed by atoms with Crippen LogP contribution in [-0.4, -0.2) is 33.2 Å². The average molecular weight is 325 g/mol. The first-order valence-electron chi connectivity index (χ1n) is 8.67. The van der Waals surface area contributed by atoms with Crippen LogP contribution in [0.5, 0.6) is 0 Å². The van der Waals surface area contributed by atoms with E-state index in [2.05, 4.69) is 5.10 Å². The predicted octanol–water partition coefficient (Wildman–Crippen LogP) is 3.03. The Morgan fingerprint density at radius 1 is 1.12 bits per heavy atom. The number of carbonyl (C=O) groups is 1. The lowest BCUT2D eigenvalue weighted by Crippen LogP contribution is -2.42. The molecule has 0 bridgehead atoms. The number of benzene rings is 1. The first-order chi connectivity index (χ1) is 11.7. The topological polar surface area (TPSA) is 55.2 Å². The normalized spacial score (nSPS) is 15.2. The van der Waals surface area contributed by atoms with Gasteiger partial charge in [0.1, 0.15) is 5.69 Å². The summed E-state index contributed by atoms with van der Waals surface area (Å²) in [5, 5.41) is 4.32. The van der Waals surface area contributed by atoms with E-state index in [0.29, 0.717) is 17.9 Å².